The summed E-state index contributed by atoms with van der Waals surface area (Å²) in [6, 6.07) is -0.823. The average Bonchev–Trinajstić information content (AvgIpc) is 2.35. The Bertz CT molecular complexity index is 334. The number of piperidine rings is 1. The fraction of sp³-hybridized carbons (Fsp3) is 0.857. The molecule has 0 aromatic heterocycles. The minimum Gasteiger partial charge on any atom is -0.480 e. The molecule has 5 heteroatoms. The molecule has 19 heavy (non-hydrogen) atoms. The first kappa shape index (κ1) is 16.0. The molecular formula is C14H26N2O3. The molecule has 0 radical (unpaired) electrons. The maximum atomic E-state index is 12.4. The van der Waals surface area contributed by atoms with Crippen LogP contribution in [0.1, 0.15) is 47.0 Å². The summed E-state index contributed by atoms with van der Waals surface area (Å²) < 4.78 is 0. The Balaban J connectivity index is 2.71. The molecule has 1 rings (SSSR count). The number of hydrogen-bond acceptors (Lipinski definition) is 3. The van der Waals surface area contributed by atoms with Crippen molar-refractivity contribution < 1.29 is 14.7 Å². The third-order valence-corrected chi connectivity index (χ3v) is 3.92. The zero-order chi connectivity index (χ0) is 14.6. The van der Waals surface area contributed by atoms with Crippen molar-refractivity contribution in [2.75, 3.05) is 13.1 Å². The van der Waals surface area contributed by atoms with Crippen LogP contribution in [0.4, 0.5) is 0 Å². The number of carbonyl (C=O) groups excluding carboxylic acids is 1. The molecule has 0 spiro atoms. The topological polar surface area (TPSA) is 69.6 Å². The summed E-state index contributed by atoms with van der Waals surface area (Å²) in [5.74, 6) is -1.30. The summed E-state index contributed by atoms with van der Waals surface area (Å²) in [4.78, 5) is 25.7. The van der Waals surface area contributed by atoms with E-state index in [1.165, 1.54) is 6.42 Å². The Hall–Kier alpha value is -1.10. The molecule has 1 saturated heterocycles. The van der Waals surface area contributed by atoms with E-state index in [0.29, 0.717) is 0 Å². The maximum Gasteiger partial charge on any atom is 0.326 e. The minimum absolute atomic E-state index is 0.126. The van der Waals surface area contributed by atoms with Gasteiger partial charge in [0, 0.05) is 0 Å². The standard InChI is InChI=1S/C14H26N2O3/c1-10(2)11(12(17)18)15-13(19)14(3,4)16-8-6-5-7-9-16/h10-11H,5-9H2,1-4H3,(H,15,19)(H,17,18). The smallest absolute Gasteiger partial charge is 0.326 e. The summed E-state index contributed by atoms with van der Waals surface area (Å²) >= 11 is 0. The maximum absolute atomic E-state index is 12.4. The highest BCUT2D eigenvalue weighted by atomic mass is 16.4. The number of aliphatic carboxylic acids is 1. The van der Waals surface area contributed by atoms with Crippen molar-refractivity contribution >= 4 is 11.9 Å². The van der Waals surface area contributed by atoms with Crippen molar-refractivity contribution in [2.24, 2.45) is 5.92 Å². The molecule has 0 aromatic carbocycles. The van der Waals surface area contributed by atoms with Crippen molar-refractivity contribution in [3.63, 3.8) is 0 Å². The normalized spacial score (nSPS) is 19.2. The predicted octanol–water partition coefficient (Wildman–Crippen LogP) is 1.48. The largest absolute Gasteiger partial charge is 0.480 e. The number of amides is 1. The summed E-state index contributed by atoms with van der Waals surface area (Å²) in [6.45, 7) is 9.14. The second-order valence-corrected chi connectivity index (χ2v) is 6.14. The van der Waals surface area contributed by atoms with Gasteiger partial charge in [-0.2, -0.15) is 0 Å². The Morgan fingerprint density at radius 3 is 2.11 bits per heavy atom. The van der Waals surface area contributed by atoms with E-state index in [9.17, 15) is 9.59 Å². The molecule has 0 bridgehead atoms. The zero-order valence-corrected chi connectivity index (χ0v) is 12.4. The molecule has 5 nitrogen and oxygen atoms in total. The summed E-state index contributed by atoms with van der Waals surface area (Å²) in [5, 5.41) is 11.8. The monoisotopic (exact) mass is 270 g/mol. The van der Waals surface area contributed by atoms with Crippen molar-refractivity contribution in [2.45, 2.75) is 58.5 Å². The molecule has 0 aromatic rings. The van der Waals surface area contributed by atoms with E-state index in [-0.39, 0.29) is 11.8 Å². The lowest BCUT2D eigenvalue weighted by Gasteiger charge is -2.40. The lowest BCUT2D eigenvalue weighted by molar-refractivity contribution is -0.145. The van der Waals surface area contributed by atoms with Crippen LogP contribution in [0.5, 0.6) is 0 Å². The number of nitrogens with one attached hydrogen (secondary N) is 1. The molecule has 1 fully saturated rings. The van der Waals surface area contributed by atoms with E-state index >= 15 is 0 Å². The van der Waals surface area contributed by atoms with Gasteiger partial charge < -0.3 is 10.4 Å². The van der Waals surface area contributed by atoms with Crippen molar-refractivity contribution in [3.05, 3.63) is 0 Å². The van der Waals surface area contributed by atoms with Gasteiger partial charge in [-0.1, -0.05) is 20.3 Å². The van der Waals surface area contributed by atoms with E-state index in [1.54, 1.807) is 13.8 Å². The number of likely N-dealkylation sites (tertiary alicyclic amines) is 1. The molecule has 2 N–H and O–H groups in total. The van der Waals surface area contributed by atoms with Crippen molar-refractivity contribution in [3.8, 4) is 0 Å². The highest BCUT2D eigenvalue weighted by Crippen LogP contribution is 2.21. The summed E-state index contributed by atoms with van der Waals surface area (Å²) in [7, 11) is 0. The van der Waals surface area contributed by atoms with Gasteiger partial charge in [0.2, 0.25) is 5.91 Å². The van der Waals surface area contributed by atoms with Gasteiger partial charge in [0.25, 0.3) is 0 Å². The highest BCUT2D eigenvalue weighted by Gasteiger charge is 2.37. The van der Waals surface area contributed by atoms with Crippen LogP contribution in [0, 0.1) is 5.92 Å². The van der Waals surface area contributed by atoms with Gasteiger partial charge in [-0.3, -0.25) is 9.69 Å². The van der Waals surface area contributed by atoms with Gasteiger partial charge in [0.15, 0.2) is 0 Å². The van der Waals surface area contributed by atoms with E-state index in [4.69, 9.17) is 5.11 Å². The molecule has 1 atom stereocenters. The van der Waals surface area contributed by atoms with Crippen molar-refractivity contribution in [1.82, 2.24) is 10.2 Å². The van der Waals surface area contributed by atoms with Gasteiger partial charge in [0.05, 0.1) is 5.54 Å². The molecule has 1 aliphatic rings. The Kier molecular flexibility index (Phi) is 5.35. The summed E-state index contributed by atoms with van der Waals surface area (Å²) in [5.41, 5.74) is -0.650. The third kappa shape index (κ3) is 3.93. The third-order valence-electron chi connectivity index (χ3n) is 3.92. The minimum atomic E-state index is -0.974. The first-order chi connectivity index (χ1) is 8.76. The quantitative estimate of drug-likeness (QED) is 0.794. The molecule has 1 unspecified atom stereocenters. The molecule has 1 amide bonds. The van der Waals surface area contributed by atoms with E-state index in [2.05, 4.69) is 10.2 Å². The first-order valence-corrected chi connectivity index (χ1v) is 7.05. The number of hydrogen-bond donors (Lipinski definition) is 2. The van der Waals surface area contributed by atoms with Crippen LogP contribution in [0.3, 0.4) is 0 Å². The lowest BCUT2D eigenvalue weighted by Crippen LogP contribution is -2.59. The Morgan fingerprint density at radius 1 is 1.16 bits per heavy atom. The van der Waals surface area contributed by atoms with E-state index in [1.807, 2.05) is 13.8 Å². The van der Waals surface area contributed by atoms with Gasteiger partial charge in [-0.05, 0) is 45.7 Å². The SMILES string of the molecule is CC(C)C(NC(=O)C(C)(C)N1CCCCC1)C(=O)O. The van der Waals surface area contributed by atoms with Crippen LogP contribution in [0.15, 0.2) is 0 Å². The lowest BCUT2D eigenvalue weighted by atomic mass is 9.96. The molecule has 1 aliphatic heterocycles. The molecule has 0 aliphatic carbocycles. The van der Waals surface area contributed by atoms with Gasteiger partial charge in [-0.25, -0.2) is 4.79 Å². The number of carbonyl (C=O) groups is 2. The number of rotatable bonds is 5. The average molecular weight is 270 g/mol. The number of carboxylic acids is 1. The van der Waals surface area contributed by atoms with E-state index < -0.39 is 17.6 Å². The van der Waals surface area contributed by atoms with Gasteiger partial charge in [0.1, 0.15) is 6.04 Å². The fourth-order valence-corrected chi connectivity index (χ4v) is 2.43. The van der Waals surface area contributed by atoms with Crippen LogP contribution in [0.2, 0.25) is 0 Å². The second-order valence-electron chi connectivity index (χ2n) is 6.14. The number of nitrogens with zero attached hydrogens (tertiary/aromatic N) is 1. The van der Waals surface area contributed by atoms with Gasteiger partial charge >= 0.3 is 5.97 Å². The van der Waals surface area contributed by atoms with Crippen LogP contribution < -0.4 is 5.32 Å². The highest BCUT2D eigenvalue weighted by molar-refractivity contribution is 5.89. The number of carboxylic acid groups (broad SMARTS) is 1. The first-order valence-electron chi connectivity index (χ1n) is 7.05. The van der Waals surface area contributed by atoms with E-state index in [0.717, 1.165) is 25.9 Å². The fourth-order valence-electron chi connectivity index (χ4n) is 2.43. The van der Waals surface area contributed by atoms with Crippen LogP contribution >= 0.6 is 0 Å². The second kappa shape index (κ2) is 6.37. The molecule has 1 heterocycles. The molecular weight excluding hydrogens is 244 g/mol. The molecule has 0 saturated carbocycles. The Morgan fingerprint density at radius 2 is 1.68 bits per heavy atom. The summed E-state index contributed by atoms with van der Waals surface area (Å²) in [6.07, 6.45) is 3.41. The Labute approximate surface area is 115 Å². The van der Waals surface area contributed by atoms with Crippen LogP contribution in [0.25, 0.3) is 0 Å². The zero-order valence-electron chi connectivity index (χ0n) is 12.4. The van der Waals surface area contributed by atoms with Gasteiger partial charge in [-0.15, -0.1) is 0 Å². The van der Waals surface area contributed by atoms with Crippen molar-refractivity contribution in [1.29, 1.82) is 0 Å². The van der Waals surface area contributed by atoms with Crippen LogP contribution in [-0.4, -0.2) is 46.6 Å². The predicted molar refractivity (Wildman–Crippen MR) is 73.9 cm³/mol. The molecule has 110 valence electrons. The van der Waals surface area contributed by atoms with Crippen LogP contribution in [-0.2, 0) is 9.59 Å².